The van der Waals surface area contributed by atoms with Crippen LogP contribution in [-0.2, 0) is 11.3 Å². The molecule has 5 heteroatoms. The molecule has 0 aliphatic carbocycles. The van der Waals surface area contributed by atoms with Crippen molar-refractivity contribution in [3.05, 3.63) is 20.8 Å². The molecular weight excluding hydrogens is 314 g/mol. The van der Waals surface area contributed by atoms with Gasteiger partial charge in [0, 0.05) is 21.3 Å². The first-order chi connectivity index (χ1) is 8.55. The highest BCUT2D eigenvalue weighted by Crippen LogP contribution is 2.35. The Labute approximate surface area is 120 Å². The molecule has 0 saturated carbocycles. The molecular formula is C13H18BrNO2S. The van der Waals surface area contributed by atoms with Crippen LogP contribution in [0.4, 0.5) is 0 Å². The monoisotopic (exact) mass is 331 g/mol. The minimum atomic E-state index is -0.622. The molecule has 1 fully saturated rings. The molecule has 0 amide bonds. The maximum absolute atomic E-state index is 11.4. The molecule has 1 aliphatic heterocycles. The summed E-state index contributed by atoms with van der Waals surface area (Å²) in [5.74, 6) is -0.622. The maximum atomic E-state index is 11.4. The van der Waals surface area contributed by atoms with E-state index >= 15 is 0 Å². The van der Waals surface area contributed by atoms with Crippen molar-refractivity contribution in [2.24, 2.45) is 5.41 Å². The van der Waals surface area contributed by atoms with Gasteiger partial charge >= 0.3 is 5.97 Å². The number of halogens is 1. The van der Waals surface area contributed by atoms with Crippen LogP contribution in [0.3, 0.4) is 0 Å². The molecule has 0 bridgehead atoms. The number of piperidine rings is 1. The summed E-state index contributed by atoms with van der Waals surface area (Å²) in [5, 5.41) is 11.4. The van der Waals surface area contributed by atoms with Crippen LogP contribution < -0.4 is 0 Å². The van der Waals surface area contributed by atoms with Crippen molar-refractivity contribution in [3.63, 3.8) is 0 Å². The molecule has 1 N–H and O–H groups in total. The number of carboxylic acid groups (broad SMARTS) is 1. The number of hydrogen-bond acceptors (Lipinski definition) is 3. The number of carboxylic acids is 1. The average molecular weight is 332 g/mol. The van der Waals surface area contributed by atoms with Gasteiger partial charge in [-0.05, 0) is 54.3 Å². The second-order valence-corrected chi connectivity index (χ2v) is 6.86. The van der Waals surface area contributed by atoms with Crippen molar-refractivity contribution in [2.75, 3.05) is 13.1 Å². The molecule has 0 radical (unpaired) electrons. The van der Waals surface area contributed by atoms with E-state index in [2.05, 4.69) is 32.3 Å². The van der Waals surface area contributed by atoms with Gasteiger partial charge in [-0.15, -0.1) is 11.3 Å². The number of thiophene rings is 1. The Morgan fingerprint density at radius 3 is 2.67 bits per heavy atom. The topological polar surface area (TPSA) is 40.5 Å². The Morgan fingerprint density at radius 2 is 2.22 bits per heavy atom. The Hall–Kier alpha value is -0.390. The second-order valence-electron chi connectivity index (χ2n) is 4.95. The van der Waals surface area contributed by atoms with Gasteiger partial charge in [-0.3, -0.25) is 9.69 Å². The van der Waals surface area contributed by atoms with E-state index in [4.69, 9.17) is 0 Å². The second kappa shape index (κ2) is 5.72. The Bertz CT molecular complexity index is 424. The van der Waals surface area contributed by atoms with Crippen molar-refractivity contribution in [1.29, 1.82) is 0 Å². The van der Waals surface area contributed by atoms with Gasteiger partial charge in [0.05, 0.1) is 5.41 Å². The molecule has 0 unspecified atom stereocenters. The molecule has 0 aromatic carbocycles. The average Bonchev–Trinajstić information content (AvgIpc) is 2.76. The summed E-state index contributed by atoms with van der Waals surface area (Å²) < 4.78 is 1.13. The zero-order chi connectivity index (χ0) is 13.2. The van der Waals surface area contributed by atoms with Crippen molar-refractivity contribution in [1.82, 2.24) is 4.90 Å². The summed E-state index contributed by atoms with van der Waals surface area (Å²) in [6, 6.07) is 2.14. The Morgan fingerprint density at radius 1 is 1.56 bits per heavy atom. The Kier molecular flexibility index (Phi) is 4.45. The van der Waals surface area contributed by atoms with Gasteiger partial charge in [0.2, 0.25) is 0 Å². The van der Waals surface area contributed by atoms with Gasteiger partial charge < -0.3 is 5.11 Å². The lowest BCUT2D eigenvalue weighted by atomic mass is 9.76. The van der Waals surface area contributed by atoms with Crippen molar-refractivity contribution < 1.29 is 9.90 Å². The van der Waals surface area contributed by atoms with Gasteiger partial charge in [0.15, 0.2) is 0 Å². The predicted molar refractivity (Wildman–Crippen MR) is 76.9 cm³/mol. The van der Waals surface area contributed by atoms with Crippen LogP contribution in [0.1, 0.15) is 31.1 Å². The Balaban J connectivity index is 1.92. The van der Waals surface area contributed by atoms with Gasteiger partial charge in [-0.2, -0.15) is 0 Å². The molecule has 1 aromatic heterocycles. The van der Waals surface area contributed by atoms with Gasteiger partial charge in [0.1, 0.15) is 0 Å². The highest BCUT2D eigenvalue weighted by molar-refractivity contribution is 9.10. The molecule has 0 atom stereocenters. The molecule has 2 heterocycles. The number of likely N-dealkylation sites (tertiary alicyclic amines) is 1. The maximum Gasteiger partial charge on any atom is 0.309 e. The quantitative estimate of drug-likeness (QED) is 0.916. The fraction of sp³-hybridized carbons (Fsp3) is 0.615. The van der Waals surface area contributed by atoms with Gasteiger partial charge in [0.25, 0.3) is 0 Å². The third-order valence-electron chi connectivity index (χ3n) is 3.94. The number of rotatable bonds is 4. The fourth-order valence-electron chi connectivity index (χ4n) is 2.51. The van der Waals surface area contributed by atoms with Crippen molar-refractivity contribution >= 4 is 33.2 Å². The highest BCUT2D eigenvalue weighted by atomic mass is 79.9. The van der Waals surface area contributed by atoms with Gasteiger partial charge in [-0.1, -0.05) is 6.92 Å². The van der Waals surface area contributed by atoms with E-state index in [1.165, 1.54) is 4.88 Å². The van der Waals surface area contributed by atoms with E-state index < -0.39 is 11.4 Å². The summed E-state index contributed by atoms with van der Waals surface area (Å²) in [7, 11) is 0. The van der Waals surface area contributed by atoms with Crippen molar-refractivity contribution in [3.8, 4) is 0 Å². The standard InChI is InChI=1S/C13H18BrNO2S/c1-2-13(12(16)17)3-5-15(6-4-13)8-11-7-10(14)9-18-11/h7,9H,2-6,8H2,1H3,(H,16,17). The first-order valence-electron chi connectivity index (χ1n) is 6.24. The third kappa shape index (κ3) is 2.95. The first-order valence-corrected chi connectivity index (χ1v) is 7.92. The van der Waals surface area contributed by atoms with Crippen LogP contribution in [0.5, 0.6) is 0 Å². The molecule has 1 aromatic rings. The van der Waals surface area contributed by atoms with Crippen LogP contribution in [0, 0.1) is 5.41 Å². The predicted octanol–water partition coefficient (Wildman–Crippen LogP) is 3.59. The zero-order valence-electron chi connectivity index (χ0n) is 10.5. The van der Waals surface area contributed by atoms with E-state index in [1.807, 2.05) is 6.92 Å². The number of carbonyl (C=O) groups is 1. The first kappa shape index (κ1) is 14.0. The summed E-state index contributed by atoms with van der Waals surface area (Å²) in [4.78, 5) is 15.0. The van der Waals surface area contributed by atoms with Gasteiger partial charge in [-0.25, -0.2) is 0 Å². The number of hydrogen-bond donors (Lipinski definition) is 1. The number of nitrogens with zero attached hydrogens (tertiary/aromatic N) is 1. The summed E-state index contributed by atoms with van der Waals surface area (Å²) in [5.41, 5.74) is -0.480. The largest absolute Gasteiger partial charge is 0.481 e. The highest BCUT2D eigenvalue weighted by Gasteiger charge is 2.39. The summed E-state index contributed by atoms with van der Waals surface area (Å²) >= 11 is 5.21. The molecule has 100 valence electrons. The molecule has 1 saturated heterocycles. The smallest absolute Gasteiger partial charge is 0.309 e. The van der Waals surface area contributed by atoms with Crippen molar-refractivity contribution in [2.45, 2.75) is 32.7 Å². The minimum absolute atomic E-state index is 0.480. The van der Waals surface area contributed by atoms with Crippen LogP contribution in [0.25, 0.3) is 0 Å². The van der Waals surface area contributed by atoms with E-state index in [0.29, 0.717) is 0 Å². The zero-order valence-corrected chi connectivity index (χ0v) is 12.9. The summed E-state index contributed by atoms with van der Waals surface area (Å²) in [6.07, 6.45) is 2.28. The lowest BCUT2D eigenvalue weighted by Crippen LogP contribution is -2.43. The third-order valence-corrected chi connectivity index (χ3v) is 5.63. The molecule has 1 aliphatic rings. The molecule has 2 rings (SSSR count). The van der Waals surface area contributed by atoms with E-state index in [9.17, 15) is 9.90 Å². The fourth-order valence-corrected chi connectivity index (χ4v) is 4.01. The summed E-state index contributed by atoms with van der Waals surface area (Å²) in [6.45, 7) is 4.70. The minimum Gasteiger partial charge on any atom is -0.481 e. The van der Waals surface area contributed by atoms with E-state index in [-0.39, 0.29) is 0 Å². The normalized spacial score (nSPS) is 19.9. The molecule has 3 nitrogen and oxygen atoms in total. The lowest BCUT2D eigenvalue weighted by Gasteiger charge is -2.38. The van der Waals surface area contributed by atoms with Crippen LogP contribution in [0.15, 0.2) is 15.9 Å². The van der Waals surface area contributed by atoms with E-state index in [1.54, 1.807) is 11.3 Å². The SMILES string of the molecule is CCC1(C(=O)O)CCN(Cc2cc(Br)cs2)CC1. The molecule has 0 spiro atoms. The lowest BCUT2D eigenvalue weighted by molar-refractivity contribution is -0.152. The van der Waals surface area contributed by atoms with E-state index in [0.717, 1.165) is 43.4 Å². The van der Waals surface area contributed by atoms with Crippen LogP contribution >= 0.6 is 27.3 Å². The molecule has 18 heavy (non-hydrogen) atoms. The van der Waals surface area contributed by atoms with Crippen LogP contribution in [0.2, 0.25) is 0 Å². The number of aliphatic carboxylic acids is 1. The van der Waals surface area contributed by atoms with Crippen LogP contribution in [-0.4, -0.2) is 29.1 Å².